The Balaban J connectivity index is 1.81. The summed E-state index contributed by atoms with van der Waals surface area (Å²) >= 11 is 0. The van der Waals surface area contributed by atoms with Crippen molar-refractivity contribution in [3.05, 3.63) is 23.7 Å². The molecule has 4 rings (SSSR count). The molecule has 2 unspecified atom stereocenters. The van der Waals surface area contributed by atoms with E-state index in [1.54, 1.807) is 0 Å². The van der Waals surface area contributed by atoms with Crippen LogP contribution < -0.4 is 0 Å². The Bertz CT molecular complexity index is 625. The van der Waals surface area contributed by atoms with Crippen molar-refractivity contribution in [1.29, 1.82) is 0 Å². The summed E-state index contributed by atoms with van der Waals surface area (Å²) in [4.78, 5) is 12.5. The average Bonchev–Trinajstić information content (AvgIpc) is 2.93. The highest BCUT2D eigenvalue weighted by Gasteiger charge is 2.61. The summed E-state index contributed by atoms with van der Waals surface area (Å²) in [5, 5.41) is 0. The van der Waals surface area contributed by atoms with E-state index in [1.165, 1.54) is 30.4 Å². The number of carbonyl (C=O) groups excluding carboxylic acids is 1. The summed E-state index contributed by atoms with van der Waals surface area (Å²) in [6, 6.07) is 0. The quantitative estimate of drug-likeness (QED) is 0.682. The molecule has 0 amide bonds. The first-order valence-corrected chi connectivity index (χ1v) is 8.89. The van der Waals surface area contributed by atoms with Gasteiger partial charge in [0.15, 0.2) is 0 Å². The molecule has 0 bridgehead atoms. The SMILES string of the molecule is CC1(C)C(=O)CC[C@@]2(C)C1CC[C@@]1(C)c3cocc3CCC21. The lowest BCUT2D eigenvalue weighted by Crippen LogP contribution is -2.59. The van der Waals surface area contributed by atoms with E-state index in [0.717, 1.165) is 19.3 Å². The summed E-state index contributed by atoms with van der Waals surface area (Å²) < 4.78 is 5.55. The maximum absolute atomic E-state index is 12.5. The Morgan fingerprint density at radius 1 is 1.00 bits per heavy atom. The summed E-state index contributed by atoms with van der Waals surface area (Å²) in [7, 11) is 0. The van der Waals surface area contributed by atoms with Gasteiger partial charge in [-0.1, -0.05) is 27.7 Å². The van der Waals surface area contributed by atoms with Crippen LogP contribution >= 0.6 is 0 Å². The highest BCUT2D eigenvalue weighted by atomic mass is 16.3. The molecule has 1 aromatic rings. The van der Waals surface area contributed by atoms with Gasteiger partial charge in [0.05, 0.1) is 12.5 Å². The Hall–Kier alpha value is -1.05. The van der Waals surface area contributed by atoms with Crippen LogP contribution in [0.1, 0.15) is 70.9 Å². The molecule has 2 saturated carbocycles. The van der Waals surface area contributed by atoms with Gasteiger partial charge in [-0.25, -0.2) is 0 Å². The molecule has 2 fully saturated rings. The molecule has 3 aliphatic carbocycles. The molecule has 22 heavy (non-hydrogen) atoms. The van der Waals surface area contributed by atoms with E-state index >= 15 is 0 Å². The van der Waals surface area contributed by atoms with Crippen molar-refractivity contribution in [2.75, 3.05) is 0 Å². The Morgan fingerprint density at radius 2 is 1.77 bits per heavy atom. The van der Waals surface area contributed by atoms with Crippen LogP contribution in [-0.4, -0.2) is 5.78 Å². The van der Waals surface area contributed by atoms with E-state index in [-0.39, 0.29) is 10.8 Å². The zero-order chi connectivity index (χ0) is 15.8. The molecule has 0 radical (unpaired) electrons. The number of hydrogen-bond acceptors (Lipinski definition) is 2. The van der Waals surface area contributed by atoms with Crippen molar-refractivity contribution in [2.45, 2.75) is 71.6 Å². The minimum Gasteiger partial charge on any atom is -0.472 e. The van der Waals surface area contributed by atoms with Crippen LogP contribution in [0.15, 0.2) is 16.9 Å². The fourth-order valence-electron chi connectivity index (χ4n) is 6.64. The van der Waals surface area contributed by atoms with Gasteiger partial charge in [0, 0.05) is 11.8 Å². The van der Waals surface area contributed by atoms with Gasteiger partial charge in [-0.2, -0.15) is 0 Å². The van der Waals surface area contributed by atoms with Crippen LogP contribution in [-0.2, 0) is 16.6 Å². The lowest BCUT2D eigenvalue weighted by Gasteiger charge is -2.63. The third-order valence-electron chi connectivity index (χ3n) is 7.85. The molecule has 120 valence electrons. The first kappa shape index (κ1) is 14.5. The molecule has 2 heteroatoms. The number of fused-ring (bicyclic) bond motifs is 5. The largest absolute Gasteiger partial charge is 0.472 e. The predicted molar refractivity (Wildman–Crippen MR) is 86.7 cm³/mol. The molecule has 1 heterocycles. The van der Waals surface area contributed by atoms with Crippen LogP contribution in [0.25, 0.3) is 0 Å². The second-order valence-corrected chi connectivity index (χ2v) is 9.06. The van der Waals surface area contributed by atoms with Gasteiger partial charge in [0.25, 0.3) is 0 Å². The zero-order valence-electron chi connectivity index (χ0n) is 14.4. The lowest BCUT2D eigenvalue weighted by molar-refractivity contribution is -0.154. The van der Waals surface area contributed by atoms with Crippen LogP contribution in [0.2, 0.25) is 0 Å². The van der Waals surface area contributed by atoms with Crippen molar-refractivity contribution in [2.24, 2.45) is 22.7 Å². The summed E-state index contributed by atoms with van der Waals surface area (Å²) in [6.07, 6.45) is 10.6. The van der Waals surface area contributed by atoms with Crippen LogP contribution in [0.3, 0.4) is 0 Å². The normalized spacial score (nSPS) is 43.2. The van der Waals surface area contributed by atoms with Gasteiger partial charge in [0.1, 0.15) is 5.78 Å². The smallest absolute Gasteiger partial charge is 0.138 e. The van der Waals surface area contributed by atoms with Gasteiger partial charge in [-0.15, -0.1) is 0 Å². The van der Waals surface area contributed by atoms with Crippen molar-refractivity contribution in [3.63, 3.8) is 0 Å². The summed E-state index contributed by atoms with van der Waals surface area (Å²) in [6.45, 7) is 9.34. The minimum atomic E-state index is -0.148. The van der Waals surface area contributed by atoms with Crippen molar-refractivity contribution >= 4 is 5.78 Å². The number of aryl methyl sites for hydroxylation is 1. The topological polar surface area (TPSA) is 30.2 Å². The molecule has 0 aliphatic heterocycles. The van der Waals surface area contributed by atoms with Crippen LogP contribution in [0.4, 0.5) is 0 Å². The molecule has 0 aromatic carbocycles. The van der Waals surface area contributed by atoms with Crippen molar-refractivity contribution in [1.82, 2.24) is 0 Å². The number of furan rings is 1. The molecule has 3 aliphatic rings. The molecule has 4 atom stereocenters. The van der Waals surface area contributed by atoms with E-state index < -0.39 is 0 Å². The van der Waals surface area contributed by atoms with Crippen LogP contribution in [0.5, 0.6) is 0 Å². The Morgan fingerprint density at radius 3 is 2.55 bits per heavy atom. The number of hydrogen-bond donors (Lipinski definition) is 0. The fourth-order valence-corrected chi connectivity index (χ4v) is 6.64. The van der Waals surface area contributed by atoms with Gasteiger partial charge < -0.3 is 4.42 Å². The van der Waals surface area contributed by atoms with E-state index in [0.29, 0.717) is 23.0 Å². The van der Waals surface area contributed by atoms with Gasteiger partial charge >= 0.3 is 0 Å². The monoisotopic (exact) mass is 300 g/mol. The maximum atomic E-state index is 12.5. The number of Topliss-reactive ketones (excluding diaryl/α,β-unsaturated/α-hetero) is 1. The van der Waals surface area contributed by atoms with Crippen LogP contribution in [0, 0.1) is 22.7 Å². The number of rotatable bonds is 0. The van der Waals surface area contributed by atoms with Gasteiger partial charge in [0.2, 0.25) is 0 Å². The first-order valence-electron chi connectivity index (χ1n) is 8.89. The average molecular weight is 300 g/mol. The third kappa shape index (κ3) is 1.59. The molecule has 0 N–H and O–H groups in total. The third-order valence-corrected chi connectivity index (χ3v) is 7.85. The number of carbonyl (C=O) groups is 1. The summed E-state index contributed by atoms with van der Waals surface area (Å²) in [5.74, 6) is 1.70. The first-order chi connectivity index (χ1) is 10.3. The predicted octanol–water partition coefficient (Wildman–Crippen LogP) is 4.91. The van der Waals surface area contributed by atoms with Gasteiger partial charge in [-0.3, -0.25) is 4.79 Å². The van der Waals surface area contributed by atoms with Gasteiger partial charge in [-0.05, 0) is 65.9 Å². The molecular formula is C20H28O2. The minimum absolute atomic E-state index is 0.148. The lowest BCUT2D eigenvalue weighted by atomic mass is 9.40. The van der Waals surface area contributed by atoms with E-state index in [1.807, 2.05) is 12.5 Å². The number of ketones is 1. The van der Waals surface area contributed by atoms with E-state index in [9.17, 15) is 4.79 Å². The summed E-state index contributed by atoms with van der Waals surface area (Å²) in [5.41, 5.74) is 3.26. The maximum Gasteiger partial charge on any atom is 0.138 e. The Kier molecular flexibility index (Phi) is 2.82. The highest BCUT2D eigenvalue weighted by molar-refractivity contribution is 5.85. The molecule has 1 aromatic heterocycles. The highest BCUT2D eigenvalue weighted by Crippen LogP contribution is 2.66. The van der Waals surface area contributed by atoms with Crippen molar-refractivity contribution < 1.29 is 9.21 Å². The van der Waals surface area contributed by atoms with E-state index in [2.05, 4.69) is 27.7 Å². The second-order valence-electron chi connectivity index (χ2n) is 9.06. The fraction of sp³-hybridized carbons (Fsp3) is 0.750. The molecular weight excluding hydrogens is 272 g/mol. The van der Waals surface area contributed by atoms with E-state index in [4.69, 9.17) is 4.42 Å². The zero-order valence-corrected chi connectivity index (χ0v) is 14.4. The molecule has 2 nitrogen and oxygen atoms in total. The second kappa shape index (κ2) is 4.27. The van der Waals surface area contributed by atoms with Crippen molar-refractivity contribution in [3.8, 4) is 0 Å². The standard InChI is InChI=1S/C20H28O2/c1-18(2)15-7-9-19(3)14-12-22-11-13(14)5-6-16(19)20(15,4)10-8-17(18)21/h11-12,15-16H,5-10H2,1-4H3/t15?,16?,19-,20-/m0/s1. The Labute approximate surface area is 133 Å². The molecule has 0 saturated heterocycles. The molecule has 0 spiro atoms.